The van der Waals surface area contributed by atoms with Gasteiger partial charge in [0, 0.05) is 48.5 Å². The predicted molar refractivity (Wildman–Crippen MR) is 190 cm³/mol. The smallest absolute Gasteiger partial charge is 0.251 e. The maximum absolute atomic E-state index is 14.8. The minimum Gasteiger partial charge on any atom is -0.494 e. The van der Waals surface area contributed by atoms with Gasteiger partial charge in [0.25, 0.3) is 5.91 Å². The first-order valence-corrected chi connectivity index (χ1v) is 17.6. The second kappa shape index (κ2) is 14.6. The van der Waals surface area contributed by atoms with Crippen LogP contribution in [0.4, 0.5) is 17.1 Å². The Labute approximate surface area is 283 Å². The molecule has 3 aliphatic heterocycles. The number of hydrogen-bond acceptors (Lipinski definition) is 7. The maximum Gasteiger partial charge on any atom is 0.251 e. The third-order valence-electron chi connectivity index (χ3n) is 9.90. The van der Waals surface area contributed by atoms with Crippen LogP contribution in [-0.2, 0) is 14.4 Å². The maximum atomic E-state index is 14.8. The van der Waals surface area contributed by atoms with Crippen LogP contribution in [-0.4, -0.2) is 89.2 Å². The summed E-state index contributed by atoms with van der Waals surface area (Å²) in [6.07, 6.45) is 4.74. The first-order chi connectivity index (χ1) is 22.7. The highest BCUT2D eigenvalue weighted by molar-refractivity contribution is 8.02. The number of carbonyl (C=O) groups is 3. The van der Waals surface area contributed by atoms with Crippen LogP contribution in [0.5, 0.6) is 5.75 Å². The number of hydrogen-bond donors (Lipinski definition) is 1. The summed E-state index contributed by atoms with van der Waals surface area (Å²) >= 11 is 1.62. The summed E-state index contributed by atoms with van der Waals surface area (Å²) in [5, 5.41) is 10.2. The molecule has 0 saturated carbocycles. The summed E-state index contributed by atoms with van der Waals surface area (Å²) in [5.41, 5.74) is 2.48. The van der Waals surface area contributed by atoms with Crippen molar-refractivity contribution < 1.29 is 24.2 Å². The van der Waals surface area contributed by atoms with Crippen molar-refractivity contribution in [2.24, 2.45) is 11.8 Å². The van der Waals surface area contributed by atoms with Gasteiger partial charge in [-0.15, -0.1) is 24.9 Å². The molecule has 0 aliphatic carbocycles. The van der Waals surface area contributed by atoms with E-state index in [-0.39, 0.29) is 42.7 Å². The minimum atomic E-state index is -0.837. The van der Waals surface area contributed by atoms with Gasteiger partial charge in [0.1, 0.15) is 11.8 Å². The third kappa shape index (κ3) is 6.06. The fourth-order valence-electron chi connectivity index (χ4n) is 7.77. The zero-order valence-electron chi connectivity index (χ0n) is 28.0. The molecule has 3 aliphatic rings. The molecule has 5 rings (SSSR count). The van der Waals surface area contributed by atoms with Crippen molar-refractivity contribution in [3.05, 3.63) is 73.8 Å². The second-order valence-electron chi connectivity index (χ2n) is 12.4. The van der Waals surface area contributed by atoms with E-state index < -0.39 is 28.7 Å². The molecule has 1 N–H and O–H groups in total. The Morgan fingerprint density at radius 2 is 1.53 bits per heavy atom. The highest BCUT2D eigenvalue weighted by Gasteiger charge is 2.74. The molecule has 2 aromatic carbocycles. The van der Waals surface area contributed by atoms with Gasteiger partial charge in [-0.2, -0.15) is 0 Å². The fraction of sp³-hybridized carbons (Fsp3) is 0.486. The number of rotatable bonds is 15. The largest absolute Gasteiger partial charge is 0.494 e. The Morgan fingerprint density at radius 3 is 2.06 bits per heavy atom. The van der Waals surface area contributed by atoms with Crippen LogP contribution in [0, 0.1) is 11.8 Å². The van der Waals surface area contributed by atoms with E-state index in [1.54, 1.807) is 45.5 Å². The van der Waals surface area contributed by atoms with Gasteiger partial charge in [0.15, 0.2) is 0 Å². The van der Waals surface area contributed by atoms with Crippen molar-refractivity contribution >= 4 is 46.5 Å². The summed E-state index contributed by atoms with van der Waals surface area (Å²) in [7, 11) is 0. The normalized spacial score (nSPS) is 24.9. The van der Waals surface area contributed by atoms with Crippen LogP contribution in [0.15, 0.2) is 73.8 Å². The molecule has 3 amide bonds. The molecular weight excluding hydrogens is 612 g/mol. The molecule has 252 valence electrons. The number of anilines is 3. The third-order valence-corrected chi connectivity index (χ3v) is 11.9. The molecule has 3 saturated heterocycles. The van der Waals surface area contributed by atoms with E-state index >= 15 is 0 Å². The lowest BCUT2D eigenvalue weighted by Gasteiger charge is -2.39. The average molecular weight is 661 g/mol. The van der Waals surface area contributed by atoms with Crippen molar-refractivity contribution in [1.29, 1.82) is 0 Å². The number of thioether (sulfide) groups is 1. The van der Waals surface area contributed by atoms with E-state index in [0.29, 0.717) is 30.2 Å². The van der Waals surface area contributed by atoms with Gasteiger partial charge < -0.3 is 29.4 Å². The zero-order valence-corrected chi connectivity index (χ0v) is 28.8. The molecule has 1 spiro atoms. The molecule has 10 heteroatoms. The van der Waals surface area contributed by atoms with E-state index in [1.165, 1.54) is 0 Å². The molecule has 9 nitrogen and oxygen atoms in total. The summed E-state index contributed by atoms with van der Waals surface area (Å²) in [6, 6.07) is 13.8. The van der Waals surface area contributed by atoms with Crippen molar-refractivity contribution in [3.8, 4) is 5.75 Å². The van der Waals surface area contributed by atoms with Gasteiger partial charge in [-0.1, -0.05) is 12.2 Å². The van der Waals surface area contributed by atoms with Crippen molar-refractivity contribution in [1.82, 2.24) is 4.90 Å². The highest BCUT2D eigenvalue weighted by atomic mass is 32.2. The van der Waals surface area contributed by atoms with Crippen LogP contribution in [0.25, 0.3) is 0 Å². The lowest BCUT2D eigenvalue weighted by molar-refractivity contribution is -0.141. The topological polar surface area (TPSA) is 93.6 Å². The van der Waals surface area contributed by atoms with E-state index in [9.17, 15) is 19.5 Å². The number of likely N-dealkylation sites (tertiary alicyclic amines) is 1. The molecule has 0 radical (unpaired) electrons. The van der Waals surface area contributed by atoms with Crippen LogP contribution < -0.4 is 19.4 Å². The molecule has 3 heterocycles. The molecule has 2 aromatic rings. The summed E-state index contributed by atoms with van der Waals surface area (Å²) in [5.74, 6) is -1.19. The lowest BCUT2D eigenvalue weighted by Crippen LogP contribution is -2.57. The molecular formula is C37H48N4O5S. The van der Waals surface area contributed by atoms with Gasteiger partial charge in [-0.25, -0.2) is 0 Å². The number of amides is 3. The summed E-state index contributed by atoms with van der Waals surface area (Å²) < 4.78 is 4.81. The number of ether oxygens (including phenoxy) is 1. The predicted octanol–water partition coefficient (Wildman–Crippen LogP) is 5.14. The number of benzene rings is 2. The van der Waals surface area contributed by atoms with E-state index in [0.717, 1.165) is 25.2 Å². The minimum absolute atomic E-state index is 0.102. The first kappa shape index (κ1) is 34.6. The number of aliphatic hydroxyl groups excluding tert-OH is 1. The Morgan fingerprint density at radius 1 is 0.979 bits per heavy atom. The van der Waals surface area contributed by atoms with Crippen molar-refractivity contribution in [2.45, 2.75) is 62.6 Å². The Bertz CT molecular complexity index is 1460. The SMILES string of the molecule is C=CCN(C(=O)C1N([C@H](C)CO)C(=O)[C@@H]2[C@H](C(=O)N(CC=C)c3ccc(OCC)cc3)[C@@H]3CCC12S3)c1ccc(N(CC)CC)cc1. The van der Waals surface area contributed by atoms with Crippen molar-refractivity contribution in [3.63, 3.8) is 0 Å². The Kier molecular flexibility index (Phi) is 10.7. The van der Waals surface area contributed by atoms with Crippen LogP contribution >= 0.6 is 11.8 Å². The molecule has 2 bridgehead atoms. The zero-order chi connectivity index (χ0) is 33.9. The molecule has 6 atom stereocenters. The Hall–Kier alpha value is -3.76. The molecule has 47 heavy (non-hydrogen) atoms. The van der Waals surface area contributed by atoms with Gasteiger partial charge in [0.2, 0.25) is 11.8 Å². The van der Waals surface area contributed by atoms with Crippen LogP contribution in [0.1, 0.15) is 40.5 Å². The number of nitrogens with zero attached hydrogens (tertiary/aromatic N) is 4. The fourth-order valence-corrected chi connectivity index (χ4v) is 9.96. The summed E-state index contributed by atoms with van der Waals surface area (Å²) in [4.78, 5) is 51.1. The number of aliphatic hydroxyl groups is 1. The quantitative estimate of drug-likeness (QED) is 0.265. The number of carbonyl (C=O) groups excluding carboxylic acids is 3. The molecule has 3 fully saturated rings. The van der Waals surface area contributed by atoms with Crippen LogP contribution in [0.3, 0.4) is 0 Å². The monoisotopic (exact) mass is 660 g/mol. The van der Waals surface area contributed by atoms with Gasteiger partial charge in [0.05, 0.1) is 35.8 Å². The van der Waals surface area contributed by atoms with Crippen molar-refractivity contribution in [2.75, 3.05) is 54.1 Å². The lowest BCUT2D eigenvalue weighted by atomic mass is 9.70. The second-order valence-corrected chi connectivity index (χ2v) is 14.0. The highest BCUT2D eigenvalue weighted by Crippen LogP contribution is 2.67. The van der Waals surface area contributed by atoms with Gasteiger partial charge >= 0.3 is 0 Å². The van der Waals surface area contributed by atoms with E-state index in [2.05, 4.69) is 31.9 Å². The van der Waals surface area contributed by atoms with E-state index in [4.69, 9.17) is 4.74 Å². The van der Waals surface area contributed by atoms with Gasteiger partial charge in [-0.3, -0.25) is 14.4 Å². The Balaban J connectivity index is 1.52. The number of fused-ring (bicyclic) bond motifs is 1. The summed E-state index contributed by atoms with van der Waals surface area (Å²) in [6.45, 7) is 18.2. The molecule has 0 aromatic heterocycles. The van der Waals surface area contributed by atoms with E-state index in [1.807, 2.05) is 55.5 Å². The average Bonchev–Trinajstić information content (AvgIpc) is 3.74. The first-order valence-electron chi connectivity index (χ1n) is 16.7. The van der Waals surface area contributed by atoms with Gasteiger partial charge in [-0.05, 0) is 89.1 Å². The van der Waals surface area contributed by atoms with Crippen LogP contribution in [0.2, 0.25) is 0 Å². The standard InChI is InChI=1S/C37H48N4O5S/c1-7-22-39(28-16-18-29(19-17-28)46-11-5)34(43)31-30-20-21-37(47-30)32(31)35(44)41(25(6)24-42)33(37)36(45)40(23-8-2)27-14-12-26(13-15-27)38(9-3)10-4/h7-8,12-19,25,30-33,42H,1-2,9-11,20-24H2,3-6H3/t25-,30+,31-,32+,33?,37?/m1/s1. The molecule has 2 unspecified atom stereocenters.